The Bertz CT molecular complexity index is 1010. The molecule has 156 valence electrons. The molecule has 0 spiro atoms. The van der Waals surface area contributed by atoms with Crippen LogP contribution in [0, 0.1) is 5.92 Å². The number of carbonyl (C=O) groups is 1. The molecular weight excluding hydrogens is 400 g/mol. The van der Waals surface area contributed by atoms with E-state index in [2.05, 4.69) is 10.4 Å². The number of amides is 1. The molecule has 9 heteroatoms. The van der Waals surface area contributed by atoms with E-state index in [1.54, 1.807) is 32.3 Å². The Morgan fingerprint density at radius 1 is 1.21 bits per heavy atom. The van der Waals surface area contributed by atoms with Gasteiger partial charge in [-0.15, -0.1) is 0 Å². The highest BCUT2D eigenvalue weighted by atomic mass is 32.2. The van der Waals surface area contributed by atoms with Crippen LogP contribution in [0.3, 0.4) is 0 Å². The monoisotopic (exact) mass is 423 g/mol. The summed E-state index contributed by atoms with van der Waals surface area (Å²) in [4.78, 5) is 13.0. The maximum atomic E-state index is 13.6. The molecule has 1 saturated carbocycles. The van der Waals surface area contributed by atoms with Crippen LogP contribution >= 0.6 is 0 Å². The third-order valence-electron chi connectivity index (χ3n) is 4.95. The van der Waals surface area contributed by atoms with Crippen LogP contribution in [0.2, 0.25) is 0 Å². The second kappa shape index (κ2) is 8.44. The van der Waals surface area contributed by atoms with Crippen molar-refractivity contribution in [3.63, 3.8) is 0 Å². The molecule has 6 nitrogen and oxygen atoms in total. The lowest BCUT2D eigenvalue weighted by molar-refractivity contribution is -0.111. The molecule has 1 aliphatic rings. The van der Waals surface area contributed by atoms with Gasteiger partial charge in [0, 0.05) is 24.9 Å². The summed E-state index contributed by atoms with van der Waals surface area (Å²) in [5.41, 5.74) is 0.689. The Labute approximate surface area is 168 Å². The molecule has 1 fully saturated rings. The van der Waals surface area contributed by atoms with Crippen LogP contribution in [0.1, 0.15) is 25.3 Å². The number of allylic oxidation sites excluding steroid dienone is 1. The zero-order valence-corrected chi connectivity index (χ0v) is 17.0. The summed E-state index contributed by atoms with van der Waals surface area (Å²) in [6.07, 6.45) is 0.144. The lowest BCUT2D eigenvalue weighted by Crippen LogP contribution is -2.15. The van der Waals surface area contributed by atoms with E-state index < -0.39 is 34.0 Å². The molecule has 0 aliphatic heterocycles. The summed E-state index contributed by atoms with van der Waals surface area (Å²) < 4.78 is 52.8. The molecule has 0 radical (unpaired) electrons. The molecule has 0 bridgehead atoms. The van der Waals surface area contributed by atoms with Crippen LogP contribution < -0.4 is 5.32 Å². The number of halogens is 2. The minimum atomic E-state index is -3.38. The Morgan fingerprint density at radius 3 is 2.34 bits per heavy atom. The zero-order valence-electron chi connectivity index (χ0n) is 16.2. The Morgan fingerprint density at radius 2 is 1.83 bits per heavy atom. The van der Waals surface area contributed by atoms with Gasteiger partial charge in [-0.05, 0) is 36.5 Å². The number of anilines is 1. The number of aryl methyl sites for hydroxylation is 1. The molecule has 1 amide bonds. The molecule has 3 atom stereocenters. The SMILES string of the molecule is CCS(=O)(=O)c1ccc(/C(=C\C2C[C@@H](F)[C@@H](F)C2)C(=O)Nc2ccn(C)n2)cc1. The zero-order chi connectivity index (χ0) is 21.2. The van der Waals surface area contributed by atoms with E-state index in [-0.39, 0.29) is 29.1 Å². The van der Waals surface area contributed by atoms with Crippen molar-refractivity contribution in [1.82, 2.24) is 9.78 Å². The first kappa shape index (κ1) is 21.2. The third kappa shape index (κ3) is 4.90. The van der Waals surface area contributed by atoms with Crippen LogP contribution in [0.5, 0.6) is 0 Å². The van der Waals surface area contributed by atoms with Gasteiger partial charge in [0.15, 0.2) is 15.7 Å². The van der Waals surface area contributed by atoms with Gasteiger partial charge in [-0.3, -0.25) is 9.48 Å². The molecule has 1 unspecified atom stereocenters. The first-order valence-electron chi connectivity index (χ1n) is 9.33. The summed E-state index contributed by atoms with van der Waals surface area (Å²) in [6.45, 7) is 1.55. The van der Waals surface area contributed by atoms with Crippen LogP contribution in [-0.4, -0.2) is 42.2 Å². The second-order valence-corrected chi connectivity index (χ2v) is 9.38. The fourth-order valence-electron chi connectivity index (χ4n) is 3.32. The maximum absolute atomic E-state index is 13.6. The fraction of sp³-hybridized carbons (Fsp3) is 0.400. The summed E-state index contributed by atoms with van der Waals surface area (Å²) >= 11 is 0. The highest BCUT2D eigenvalue weighted by Gasteiger charge is 2.34. The number of nitrogens with zero attached hydrogens (tertiary/aromatic N) is 2. The molecule has 2 aromatic rings. The number of hydrogen-bond acceptors (Lipinski definition) is 4. The van der Waals surface area contributed by atoms with E-state index >= 15 is 0 Å². The molecule has 1 heterocycles. The van der Waals surface area contributed by atoms with Crippen LogP contribution in [0.4, 0.5) is 14.6 Å². The molecule has 1 aliphatic carbocycles. The maximum Gasteiger partial charge on any atom is 0.257 e. The lowest BCUT2D eigenvalue weighted by atomic mass is 9.98. The second-order valence-electron chi connectivity index (χ2n) is 7.10. The van der Waals surface area contributed by atoms with Crippen molar-refractivity contribution in [3.05, 3.63) is 48.2 Å². The Hall–Kier alpha value is -2.55. The molecule has 29 heavy (non-hydrogen) atoms. The van der Waals surface area contributed by atoms with Gasteiger partial charge in [0.2, 0.25) is 0 Å². The van der Waals surface area contributed by atoms with Crippen LogP contribution in [-0.2, 0) is 21.7 Å². The van der Waals surface area contributed by atoms with Crippen molar-refractivity contribution in [3.8, 4) is 0 Å². The van der Waals surface area contributed by atoms with Gasteiger partial charge in [0.1, 0.15) is 12.3 Å². The topological polar surface area (TPSA) is 81.1 Å². The van der Waals surface area contributed by atoms with E-state index in [9.17, 15) is 22.0 Å². The van der Waals surface area contributed by atoms with Gasteiger partial charge in [-0.1, -0.05) is 25.1 Å². The Balaban J connectivity index is 1.93. The van der Waals surface area contributed by atoms with Crippen molar-refractivity contribution in [2.24, 2.45) is 13.0 Å². The van der Waals surface area contributed by atoms with Crippen molar-refractivity contribution in [2.75, 3.05) is 11.1 Å². The third-order valence-corrected chi connectivity index (χ3v) is 6.71. The minimum Gasteiger partial charge on any atom is -0.305 e. The molecule has 0 saturated heterocycles. The number of hydrogen-bond donors (Lipinski definition) is 1. The van der Waals surface area contributed by atoms with E-state index in [0.29, 0.717) is 11.4 Å². The summed E-state index contributed by atoms with van der Waals surface area (Å²) in [7, 11) is -1.67. The standard InChI is InChI=1S/C20H23F2N3O3S/c1-3-29(27,28)15-6-4-14(5-7-15)16(10-13-11-17(21)18(22)12-13)20(26)23-19-8-9-25(2)24-19/h4-10,13,17-18H,3,11-12H2,1-2H3,(H,23,24,26)/b16-10+/t13?,17-,18+. The largest absolute Gasteiger partial charge is 0.305 e. The van der Waals surface area contributed by atoms with Gasteiger partial charge >= 0.3 is 0 Å². The lowest BCUT2D eigenvalue weighted by Gasteiger charge is -2.12. The number of alkyl halides is 2. The smallest absolute Gasteiger partial charge is 0.257 e. The van der Waals surface area contributed by atoms with Crippen molar-refractivity contribution >= 4 is 27.1 Å². The molecule has 1 aromatic carbocycles. The number of aromatic nitrogens is 2. The minimum absolute atomic E-state index is 0.00380. The summed E-state index contributed by atoms with van der Waals surface area (Å²) in [5, 5.41) is 6.77. The number of nitrogens with one attached hydrogen (secondary N) is 1. The number of benzene rings is 1. The van der Waals surface area contributed by atoms with Crippen molar-refractivity contribution in [1.29, 1.82) is 0 Å². The van der Waals surface area contributed by atoms with Gasteiger partial charge < -0.3 is 5.32 Å². The normalized spacial score (nSPS) is 22.6. The number of carbonyl (C=O) groups excluding carboxylic acids is 1. The van der Waals surface area contributed by atoms with E-state index in [0.717, 1.165) is 0 Å². The fourth-order valence-corrected chi connectivity index (χ4v) is 4.20. The molecule has 1 aromatic heterocycles. The van der Waals surface area contributed by atoms with Crippen LogP contribution in [0.15, 0.2) is 47.5 Å². The summed E-state index contributed by atoms with van der Waals surface area (Å²) in [6, 6.07) is 7.54. The number of sulfone groups is 1. The number of rotatable bonds is 6. The predicted molar refractivity (Wildman–Crippen MR) is 106 cm³/mol. The first-order chi connectivity index (χ1) is 13.7. The van der Waals surface area contributed by atoms with E-state index in [4.69, 9.17) is 0 Å². The van der Waals surface area contributed by atoms with Crippen molar-refractivity contribution < 1.29 is 22.0 Å². The van der Waals surface area contributed by atoms with Gasteiger partial charge in [-0.25, -0.2) is 17.2 Å². The molecule has 1 N–H and O–H groups in total. The summed E-state index contributed by atoms with van der Waals surface area (Å²) in [5.74, 6) is -0.602. The van der Waals surface area contributed by atoms with Gasteiger partial charge in [0.05, 0.1) is 10.6 Å². The molecule has 3 rings (SSSR count). The quantitative estimate of drug-likeness (QED) is 0.723. The predicted octanol–water partition coefficient (Wildman–Crippen LogP) is 3.32. The Kier molecular flexibility index (Phi) is 6.16. The van der Waals surface area contributed by atoms with Gasteiger partial charge in [-0.2, -0.15) is 5.10 Å². The molecular formula is C20H23F2N3O3S. The van der Waals surface area contributed by atoms with E-state index in [1.807, 2.05) is 0 Å². The average molecular weight is 423 g/mol. The van der Waals surface area contributed by atoms with Crippen LogP contribution in [0.25, 0.3) is 5.57 Å². The van der Waals surface area contributed by atoms with Crippen molar-refractivity contribution in [2.45, 2.75) is 37.0 Å². The van der Waals surface area contributed by atoms with Gasteiger partial charge in [0.25, 0.3) is 5.91 Å². The highest BCUT2D eigenvalue weighted by Crippen LogP contribution is 2.34. The highest BCUT2D eigenvalue weighted by molar-refractivity contribution is 7.91. The average Bonchev–Trinajstić information content (AvgIpc) is 3.24. The first-order valence-corrected chi connectivity index (χ1v) is 11.0. The van der Waals surface area contributed by atoms with E-state index in [1.165, 1.54) is 28.9 Å².